The Bertz CT molecular complexity index is 1120. The van der Waals surface area contributed by atoms with Crippen LogP contribution in [-0.2, 0) is 22.6 Å². The maximum atomic E-state index is 13.6. The van der Waals surface area contributed by atoms with E-state index in [1.165, 1.54) is 46.6 Å². The van der Waals surface area contributed by atoms with E-state index in [0.29, 0.717) is 18.8 Å². The van der Waals surface area contributed by atoms with Crippen LogP contribution < -0.4 is 5.32 Å². The summed E-state index contributed by atoms with van der Waals surface area (Å²) in [6, 6.07) is 15.0. The number of carbonyl (C=O) groups excluding carboxylic acids is 2. The zero-order chi connectivity index (χ0) is 24.6. The summed E-state index contributed by atoms with van der Waals surface area (Å²) in [5, 5.41) is 4.62. The molecule has 2 heterocycles. The molecule has 0 spiro atoms. The largest absolute Gasteiger partial charge is 0.376 e. The van der Waals surface area contributed by atoms with Crippen molar-refractivity contribution in [3.8, 4) is 0 Å². The van der Waals surface area contributed by atoms with E-state index in [4.69, 9.17) is 4.74 Å². The average molecular weight is 500 g/mol. The second-order valence-electron chi connectivity index (χ2n) is 8.41. The fourth-order valence-corrected chi connectivity index (χ4v) is 4.64. The quantitative estimate of drug-likeness (QED) is 0.437. The fraction of sp³-hybridized carbons (Fsp3) is 0.308. The summed E-state index contributed by atoms with van der Waals surface area (Å²) < 4.78 is 32.7. The first kappa shape index (κ1) is 24.8. The standard InChI is InChI=1S/C26H27F2N3O3S/c27-20-10-8-19(9-11-20)15-30(17-24-7-3-13-35-24)25(32)18-31(16-23-6-2-12-34-23)26(33)29-22-5-1-4-21(28)14-22/h1,3-5,7-11,13-14,23H,2,6,12,15-18H2,(H,29,33)/t23-/m1/s1. The summed E-state index contributed by atoms with van der Waals surface area (Å²) in [7, 11) is 0. The lowest BCUT2D eigenvalue weighted by Gasteiger charge is -2.29. The van der Waals surface area contributed by atoms with E-state index in [9.17, 15) is 18.4 Å². The molecule has 0 unspecified atom stereocenters. The normalized spacial score (nSPS) is 15.1. The summed E-state index contributed by atoms with van der Waals surface area (Å²) in [4.78, 5) is 30.6. The zero-order valence-corrected chi connectivity index (χ0v) is 20.0. The SMILES string of the molecule is O=C(CN(C[C@H]1CCCO1)C(=O)Nc1cccc(F)c1)N(Cc1ccc(F)cc1)Cc1cccs1. The zero-order valence-electron chi connectivity index (χ0n) is 19.2. The van der Waals surface area contributed by atoms with Gasteiger partial charge in [-0.05, 0) is 60.2 Å². The van der Waals surface area contributed by atoms with Gasteiger partial charge in [0.1, 0.15) is 18.2 Å². The number of ether oxygens (including phenoxy) is 1. The Morgan fingerprint density at radius 3 is 2.51 bits per heavy atom. The van der Waals surface area contributed by atoms with Crippen LogP contribution in [0, 0.1) is 11.6 Å². The topological polar surface area (TPSA) is 61.9 Å². The number of halogens is 2. The van der Waals surface area contributed by atoms with E-state index in [2.05, 4.69) is 5.32 Å². The van der Waals surface area contributed by atoms with E-state index >= 15 is 0 Å². The van der Waals surface area contributed by atoms with Crippen molar-refractivity contribution in [1.82, 2.24) is 9.80 Å². The Balaban J connectivity index is 1.50. The van der Waals surface area contributed by atoms with Crippen LogP contribution in [0.5, 0.6) is 0 Å². The molecule has 1 aliphatic rings. The maximum absolute atomic E-state index is 13.6. The summed E-state index contributed by atoms with van der Waals surface area (Å²) in [6.45, 7) is 1.33. The molecule has 1 atom stereocenters. The average Bonchev–Trinajstić information content (AvgIpc) is 3.54. The number of thiophene rings is 1. The number of carbonyl (C=O) groups is 2. The molecule has 3 amide bonds. The van der Waals surface area contributed by atoms with Gasteiger partial charge in [0.2, 0.25) is 5.91 Å². The van der Waals surface area contributed by atoms with Crippen molar-refractivity contribution in [1.29, 1.82) is 0 Å². The number of anilines is 1. The third kappa shape index (κ3) is 7.34. The second-order valence-corrected chi connectivity index (χ2v) is 9.44. The lowest BCUT2D eigenvalue weighted by atomic mass is 10.2. The van der Waals surface area contributed by atoms with Gasteiger partial charge in [0.05, 0.1) is 12.6 Å². The first-order chi connectivity index (χ1) is 17.0. The molecule has 0 radical (unpaired) electrons. The van der Waals surface area contributed by atoms with Crippen LogP contribution in [0.15, 0.2) is 66.0 Å². The van der Waals surface area contributed by atoms with Gasteiger partial charge in [-0.3, -0.25) is 4.79 Å². The number of nitrogens with one attached hydrogen (secondary N) is 1. The Hall–Kier alpha value is -3.30. The Labute approximate surface area is 207 Å². The molecule has 184 valence electrons. The molecular formula is C26H27F2N3O3S. The molecule has 1 aliphatic heterocycles. The molecule has 0 bridgehead atoms. The molecule has 1 N–H and O–H groups in total. The van der Waals surface area contributed by atoms with Crippen molar-refractivity contribution < 1.29 is 23.1 Å². The van der Waals surface area contributed by atoms with Crippen molar-refractivity contribution >= 4 is 29.0 Å². The van der Waals surface area contributed by atoms with E-state index in [1.54, 1.807) is 23.1 Å². The molecule has 1 aromatic heterocycles. The number of hydrogen-bond acceptors (Lipinski definition) is 4. The molecule has 4 rings (SSSR count). The highest BCUT2D eigenvalue weighted by Crippen LogP contribution is 2.18. The van der Waals surface area contributed by atoms with Gasteiger partial charge in [-0.2, -0.15) is 0 Å². The minimum absolute atomic E-state index is 0.163. The van der Waals surface area contributed by atoms with Gasteiger partial charge in [0.15, 0.2) is 0 Å². The lowest BCUT2D eigenvalue weighted by Crippen LogP contribution is -2.46. The summed E-state index contributed by atoms with van der Waals surface area (Å²) in [6.07, 6.45) is 1.53. The summed E-state index contributed by atoms with van der Waals surface area (Å²) >= 11 is 1.53. The molecular weight excluding hydrogens is 472 g/mol. The van der Waals surface area contributed by atoms with Crippen molar-refractivity contribution in [3.05, 3.63) is 88.1 Å². The van der Waals surface area contributed by atoms with E-state index in [0.717, 1.165) is 23.3 Å². The molecule has 0 saturated carbocycles. The highest BCUT2D eigenvalue weighted by atomic mass is 32.1. The van der Waals surface area contributed by atoms with E-state index in [-0.39, 0.29) is 37.5 Å². The second kappa shape index (κ2) is 11.9. The Morgan fingerprint density at radius 2 is 1.83 bits per heavy atom. The van der Waals surface area contributed by atoms with Gasteiger partial charge < -0.3 is 19.9 Å². The number of amides is 3. The summed E-state index contributed by atoms with van der Waals surface area (Å²) in [5.41, 5.74) is 1.09. The van der Waals surface area contributed by atoms with Gasteiger partial charge in [0.25, 0.3) is 0 Å². The van der Waals surface area contributed by atoms with Crippen LogP contribution in [0.3, 0.4) is 0 Å². The summed E-state index contributed by atoms with van der Waals surface area (Å²) in [5.74, 6) is -1.07. The number of rotatable bonds is 9. The van der Waals surface area contributed by atoms with Gasteiger partial charge >= 0.3 is 6.03 Å². The highest BCUT2D eigenvalue weighted by Gasteiger charge is 2.27. The van der Waals surface area contributed by atoms with Gasteiger partial charge in [-0.1, -0.05) is 24.3 Å². The lowest BCUT2D eigenvalue weighted by molar-refractivity contribution is -0.133. The van der Waals surface area contributed by atoms with Crippen LogP contribution in [0.25, 0.3) is 0 Å². The predicted molar refractivity (Wildman–Crippen MR) is 131 cm³/mol. The van der Waals surface area contributed by atoms with Crippen LogP contribution in [0.2, 0.25) is 0 Å². The Morgan fingerprint density at radius 1 is 1.00 bits per heavy atom. The predicted octanol–water partition coefficient (Wildman–Crippen LogP) is 5.27. The third-order valence-corrected chi connectivity index (χ3v) is 6.56. The first-order valence-electron chi connectivity index (χ1n) is 11.4. The highest BCUT2D eigenvalue weighted by molar-refractivity contribution is 7.09. The smallest absolute Gasteiger partial charge is 0.322 e. The Kier molecular flexibility index (Phi) is 8.44. The van der Waals surface area contributed by atoms with E-state index < -0.39 is 11.8 Å². The van der Waals surface area contributed by atoms with Gasteiger partial charge in [-0.15, -0.1) is 11.3 Å². The molecule has 1 fully saturated rings. The number of hydrogen-bond donors (Lipinski definition) is 1. The molecule has 35 heavy (non-hydrogen) atoms. The van der Waals surface area contributed by atoms with Crippen molar-refractivity contribution in [2.75, 3.05) is 25.0 Å². The molecule has 9 heteroatoms. The third-order valence-electron chi connectivity index (χ3n) is 5.70. The molecule has 0 aliphatic carbocycles. The number of urea groups is 1. The van der Waals surface area contributed by atoms with Crippen molar-refractivity contribution in [2.45, 2.75) is 32.0 Å². The molecule has 1 saturated heterocycles. The number of nitrogens with zero attached hydrogens (tertiary/aromatic N) is 2. The molecule has 2 aromatic carbocycles. The number of benzene rings is 2. The molecule has 3 aromatic rings. The van der Waals surface area contributed by atoms with Crippen LogP contribution in [-0.4, -0.2) is 47.5 Å². The minimum atomic E-state index is -0.502. The molecule has 6 nitrogen and oxygen atoms in total. The van der Waals surface area contributed by atoms with Crippen LogP contribution >= 0.6 is 11.3 Å². The van der Waals surface area contributed by atoms with Gasteiger partial charge in [-0.25, -0.2) is 13.6 Å². The van der Waals surface area contributed by atoms with Crippen LogP contribution in [0.1, 0.15) is 23.3 Å². The maximum Gasteiger partial charge on any atom is 0.322 e. The van der Waals surface area contributed by atoms with Crippen molar-refractivity contribution in [2.24, 2.45) is 0 Å². The first-order valence-corrected chi connectivity index (χ1v) is 12.3. The fourth-order valence-electron chi connectivity index (χ4n) is 3.92. The van der Waals surface area contributed by atoms with Crippen LogP contribution in [0.4, 0.5) is 19.3 Å². The monoisotopic (exact) mass is 499 g/mol. The van der Waals surface area contributed by atoms with Crippen molar-refractivity contribution in [3.63, 3.8) is 0 Å². The van der Waals surface area contributed by atoms with Gasteiger partial charge in [0, 0.05) is 30.3 Å². The van der Waals surface area contributed by atoms with E-state index in [1.807, 2.05) is 17.5 Å². The minimum Gasteiger partial charge on any atom is -0.376 e.